The van der Waals surface area contributed by atoms with Crippen LogP contribution in [0.4, 0.5) is 5.69 Å². The molecule has 0 radical (unpaired) electrons. The molecule has 1 fully saturated rings. The van der Waals surface area contributed by atoms with Crippen LogP contribution in [0.1, 0.15) is 37.7 Å². The van der Waals surface area contributed by atoms with Crippen molar-refractivity contribution in [3.05, 3.63) is 29.8 Å². The fourth-order valence-corrected chi connectivity index (χ4v) is 3.03. The molecule has 0 unspecified atom stereocenters. The molecule has 1 aliphatic rings. The molecule has 1 aromatic rings. The van der Waals surface area contributed by atoms with Gasteiger partial charge in [0.2, 0.25) is 0 Å². The lowest BCUT2D eigenvalue weighted by Gasteiger charge is -2.28. The predicted molar refractivity (Wildman–Crippen MR) is 89.6 cm³/mol. The zero-order valence-corrected chi connectivity index (χ0v) is 13.5. The fraction of sp³-hybridized carbons (Fsp3) is 0.611. The van der Waals surface area contributed by atoms with Crippen LogP contribution in [0, 0.1) is 17.2 Å². The largest absolute Gasteiger partial charge is 0.396 e. The maximum Gasteiger partial charge on any atom is 0.0640 e. The van der Waals surface area contributed by atoms with Gasteiger partial charge in [-0.2, -0.15) is 5.26 Å². The van der Waals surface area contributed by atoms with Gasteiger partial charge in [-0.15, -0.1) is 0 Å². The van der Waals surface area contributed by atoms with Gasteiger partial charge in [0, 0.05) is 38.5 Å². The van der Waals surface area contributed by atoms with Crippen LogP contribution in [0.2, 0.25) is 0 Å². The molecule has 4 heteroatoms. The van der Waals surface area contributed by atoms with Crippen molar-refractivity contribution in [3.8, 4) is 6.07 Å². The lowest BCUT2D eigenvalue weighted by atomic mass is 9.86. The Morgan fingerprint density at radius 2 is 1.91 bits per heavy atom. The molecule has 0 amide bonds. The first-order valence-corrected chi connectivity index (χ1v) is 8.24. The molecule has 1 aromatic carbocycles. The van der Waals surface area contributed by atoms with Crippen LogP contribution in [-0.2, 0) is 6.54 Å². The summed E-state index contributed by atoms with van der Waals surface area (Å²) in [6.07, 6.45) is 5.16. The van der Waals surface area contributed by atoms with Crippen molar-refractivity contribution in [1.82, 2.24) is 5.32 Å². The zero-order chi connectivity index (χ0) is 15.8. The number of aliphatic hydroxyl groups is 1. The third kappa shape index (κ3) is 5.01. The van der Waals surface area contributed by atoms with Gasteiger partial charge >= 0.3 is 0 Å². The molecule has 2 N–H and O–H groups in total. The van der Waals surface area contributed by atoms with Crippen LogP contribution in [-0.4, -0.2) is 31.3 Å². The second kappa shape index (κ2) is 8.77. The number of anilines is 1. The average molecular weight is 301 g/mol. The molecule has 0 saturated heterocycles. The normalized spacial score (nSPS) is 21.3. The summed E-state index contributed by atoms with van der Waals surface area (Å²) in [6.45, 7) is 2.01. The molecule has 4 nitrogen and oxygen atoms in total. The van der Waals surface area contributed by atoms with E-state index in [4.69, 9.17) is 10.4 Å². The summed E-state index contributed by atoms with van der Waals surface area (Å²) in [5.41, 5.74) is 2.45. The van der Waals surface area contributed by atoms with Gasteiger partial charge in [-0.05, 0) is 49.3 Å². The average Bonchev–Trinajstić information content (AvgIpc) is 2.58. The maximum absolute atomic E-state index is 9.17. The monoisotopic (exact) mass is 301 g/mol. The Balaban J connectivity index is 1.76. The van der Waals surface area contributed by atoms with Gasteiger partial charge in [0.25, 0.3) is 0 Å². The van der Waals surface area contributed by atoms with E-state index >= 15 is 0 Å². The van der Waals surface area contributed by atoms with Crippen LogP contribution in [0.25, 0.3) is 0 Å². The summed E-state index contributed by atoms with van der Waals surface area (Å²) in [7, 11) is 2.02. The highest BCUT2D eigenvalue weighted by molar-refractivity contribution is 5.46. The molecule has 120 valence electrons. The van der Waals surface area contributed by atoms with Crippen molar-refractivity contribution in [2.75, 3.05) is 25.1 Å². The number of nitrogens with zero attached hydrogens (tertiary/aromatic N) is 2. The fourth-order valence-electron chi connectivity index (χ4n) is 3.03. The zero-order valence-electron chi connectivity index (χ0n) is 13.5. The first-order chi connectivity index (χ1) is 10.7. The molecule has 2 rings (SSSR count). The van der Waals surface area contributed by atoms with Gasteiger partial charge in [0.05, 0.1) is 12.5 Å². The SMILES string of the molecule is CN(CCC#N)c1ccc(CNC2CCC(CO)CC2)cc1. The van der Waals surface area contributed by atoms with Gasteiger partial charge in [0.1, 0.15) is 0 Å². The second-order valence-corrected chi connectivity index (χ2v) is 6.28. The van der Waals surface area contributed by atoms with Crippen molar-refractivity contribution >= 4 is 5.69 Å². The van der Waals surface area contributed by atoms with E-state index in [2.05, 4.69) is 40.6 Å². The number of rotatable bonds is 7. The van der Waals surface area contributed by atoms with E-state index in [1.807, 2.05) is 7.05 Å². The highest BCUT2D eigenvalue weighted by Gasteiger charge is 2.19. The molecule has 0 bridgehead atoms. The standard InChI is InChI=1S/C18H27N3O/c1-21(12-2-11-19)18-9-5-15(6-10-18)13-20-17-7-3-16(14-22)4-8-17/h5-6,9-10,16-17,20,22H,2-4,7-8,12-14H2,1H3. The van der Waals surface area contributed by atoms with Gasteiger partial charge in [-0.25, -0.2) is 0 Å². The Morgan fingerprint density at radius 1 is 1.23 bits per heavy atom. The van der Waals surface area contributed by atoms with E-state index in [-0.39, 0.29) is 0 Å². The van der Waals surface area contributed by atoms with Gasteiger partial charge in [-0.3, -0.25) is 0 Å². The summed E-state index contributed by atoms with van der Waals surface area (Å²) in [6, 6.07) is 11.3. The topological polar surface area (TPSA) is 59.3 Å². The Bertz CT molecular complexity index is 472. The van der Waals surface area contributed by atoms with E-state index in [0.717, 1.165) is 31.6 Å². The van der Waals surface area contributed by atoms with E-state index in [0.29, 0.717) is 25.0 Å². The Hall–Kier alpha value is -1.57. The van der Waals surface area contributed by atoms with E-state index in [1.54, 1.807) is 0 Å². The van der Waals surface area contributed by atoms with Gasteiger partial charge in [-0.1, -0.05) is 12.1 Å². The minimum absolute atomic E-state index is 0.341. The lowest BCUT2D eigenvalue weighted by molar-refractivity contribution is 0.175. The molecular weight excluding hydrogens is 274 g/mol. The first kappa shape index (κ1) is 16.8. The van der Waals surface area contributed by atoms with Crippen molar-refractivity contribution in [1.29, 1.82) is 5.26 Å². The van der Waals surface area contributed by atoms with Crippen molar-refractivity contribution < 1.29 is 5.11 Å². The molecule has 1 saturated carbocycles. The van der Waals surface area contributed by atoms with Crippen LogP contribution < -0.4 is 10.2 Å². The quantitative estimate of drug-likeness (QED) is 0.813. The number of hydrogen-bond acceptors (Lipinski definition) is 4. The highest BCUT2D eigenvalue weighted by atomic mass is 16.3. The van der Waals surface area contributed by atoms with E-state index < -0.39 is 0 Å². The van der Waals surface area contributed by atoms with Crippen LogP contribution >= 0.6 is 0 Å². The Morgan fingerprint density at radius 3 is 2.50 bits per heavy atom. The molecule has 22 heavy (non-hydrogen) atoms. The molecular formula is C18H27N3O. The predicted octanol–water partition coefficient (Wildman–Crippen LogP) is 2.68. The number of nitriles is 1. The molecule has 0 aliphatic heterocycles. The number of aliphatic hydroxyl groups excluding tert-OH is 1. The van der Waals surface area contributed by atoms with Gasteiger partial charge in [0.15, 0.2) is 0 Å². The first-order valence-electron chi connectivity index (χ1n) is 8.24. The minimum atomic E-state index is 0.341. The lowest BCUT2D eigenvalue weighted by Crippen LogP contribution is -2.33. The Kier molecular flexibility index (Phi) is 6.70. The molecule has 0 heterocycles. The molecule has 0 aromatic heterocycles. The maximum atomic E-state index is 9.17. The van der Waals surface area contributed by atoms with Gasteiger partial charge < -0.3 is 15.3 Å². The van der Waals surface area contributed by atoms with E-state index in [9.17, 15) is 0 Å². The summed E-state index contributed by atoms with van der Waals surface area (Å²) >= 11 is 0. The van der Waals surface area contributed by atoms with Crippen LogP contribution in [0.5, 0.6) is 0 Å². The van der Waals surface area contributed by atoms with E-state index in [1.165, 1.54) is 18.4 Å². The van der Waals surface area contributed by atoms with Crippen LogP contribution in [0.3, 0.4) is 0 Å². The third-order valence-electron chi connectivity index (χ3n) is 4.64. The van der Waals surface area contributed by atoms with Crippen molar-refractivity contribution in [2.45, 2.75) is 44.7 Å². The summed E-state index contributed by atoms with van der Waals surface area (Å²) in [5.74, 6) is 0.515. The number of nitrogens with one attached hydrogen (secondary N) is 1. The second-order valence-electron chi connectivity index (χ2n) is 6.28. The summed E-state index contributed by atoms with van der Waals surface area (Å²) in [4.78, 5) is 2.11. The number of benzene rings is 1. The highest BCUT2D eigenvalue weighted by Crippen LogP contribution is 2.24. The number of hydrogen-bond donors (Lipinski definition) is 2. The Labute approximate surface area is 133 Å². The molecule has 1 aliphatic carbocycles. The smallest absolute Gasteiger partial charge is 0.0640 e. The van der Waals surface area contributed by atoms with Crippen molar-refractivity contribution in [2.24, 2.45) is 5.92 Å². The van der Waals surface area contributed by atoms with Crippen LogP contribution in [0.15, 0.2) is 24.3 Å². The summed E-state index contributed by atoms with van der Waals surface area (Å²) < 4.78 is 0. The molecule has 0 atom stereocenters. The minimum Gasteiger partial charge on any atom is -0.396 e. The molecule has 0 spiro atoms. The summed E-state index contributed by atoms with van der Waals surface area (Å²) in [5, 5.41) is 21.4. The van der Waals surface area contributed by atoms with Crippen molar-refractivity contribution in [3.63, 3.8) is 0 Å². The third-order valence-corrected chi connectivity index (χ3v) is 4.64.